The van der Waals surface area contributed by atoms with Crippen molar-refractivity contribution in [2.45, 2.75) is 66.6 Å². The highest BCUT2D eigenvalue weighted by Gasteiger charge is 2.48. The molecule has 0 bridgehead atoms. The number of ether oxygens (including phenoxy) is 2. The maximum atomic E-state index is 6.20. The van der Waals surface area contributed by atoms with Gasteiger partial charge in [-0.25, -0.2) is 0 Å². The van der Waals surface area contributed by atoms with Crippen LogP contribution in [0.5, 0.6) is 11.5 Å². The van der Waals surface area contributed by atoms with E-state index in [1.807, 2.05) is 13.0 Å². The lowest BCUT2D eigenvalue weighted by Gasteiger charge is -2.36. The lowest BCUT2D eigenvalue weighted by molar-refractivity contribution is -0.142. The number of fused-ring (bicyclic) bond motifs is 1. The Morgan fingerprint density at radius 3 is 2.00 bits per heavy atom. The average Bonchev–Trinajstić information content (AvgIpc) is 2.54. The molecule has 2 rings (SSSR count). The third-order valence-electron chi connectivity index (χ3n) is 4.14. The van der Waals surface area contributed by atoms with E-state index in [0.29, 0.717) is 0 Å². The molecule has 1 aliphatic rings. The standard InChI is InChI=1S/C17H26O2/c1-11-12(15(2,3)4)9-10-13-14(11)19-17(8,18-13)16(5,6)7/h9-10H,1-8H3. The second-order valence-electron chi connectivity index (χ2n) is 7.72. The van der Waals surface area contributed by atoms with Gasteiger partial charge in [0.1, 0.15) is 0 Å². The molecule has 1 unspecified atom stereocenters. The lowest BCUT2D eigenvalue weighted by Crippen LogP contribution is -2.47. The van der Waals surface area contributed by atoms with Crippen LogP contribution in [0.15, 0.2) is 12.1 Å². The zero-order valence-electron chi connectivity index (χ0n) is 13.5. The Kier molecular flexibility index (Phi) is 2.93. The van der Waals surface area contributed by atoms with E-state index in [-0.39, 0.29) is 10.8 Å². The quantitative estimate of drug-likeness (QED) is 0.667. The molecule has 0 spiro atoms. The van der Waals surface area contributed by atoms with Crippen molar-refractivity contribution >= 4 is 0 Å². The molecule has 0 saturated carbocycles. The van der Waals surface area contributed by atoms with Crippen molar-refractivity contribution in [2.24, 2.45) is 5.41 Å². The first-order chi connectivity index (χ1) is 8.46. The predicted molar refractivity (Wildman–Crippen MR) is 79.0 cm³/mol. The average molecular weight is 262 g/mol. The summed E-state index contributed by atoms with van der Waals surface area (Å²) in [4.78, 5) is 0. The molecule has 1 heterocycles. The van der Waals surface area contributed by atoms with Gasteiger partial charge in [-0.2, -0.15) is 0 Å². The minimum absolute atomic E-state index is 0.0830. The van der Waals surface area contributed by atoms with Crippen LogP contribution in [0.2, 0.25) is 0 Å². The molecule has 19 heavy (non-hydrogen) atoms. The van der Waals surface area contributed by atoms with Gasteiger partial charge in [-0.15, -0.1) is 0 Å². The van der Waals surface area contributed by atoms with Crippen LogP contribution < -0.4 is 9.47 Å². The van der Waals surface area contributed by atoms with Crippen molar-refractivity contribution in [2.75, 3.05) is 0 Å². The lowest BCUT2D eigenvalue weighted by atomic mass is 9.84. The highest BCUT2D eigenvalue weighted by Crippen LogP contribution is 2.49. The molecule has 0 aromatic heterocycles. The zero-order valence-corrected chi connectivity index (χ0v) is 13.5. The third kappa shape index (κ3) is 2.22. The van der Waals surface area contributed by atoms with Crippen LogP contribution in [0.3, 0.4) is 0 Å². The van der Waals surface area contributed by atoms with Crippen LogP contribution in [-0.4, -0.2) is 5.79 Å². The van der Waals surface area contributed by atoms with Gasteiger partial charge in [0.15, 0.2) is 11.5 Å². The van der Waals surface area contributed by atoms with Gasteiger partial charge in [0, 0.05) is 12.3 Å². The summed E-state index contributed by atoms with van der Waals surface area (Å²) in [6.45, 7) is 17.2. The summed E-state index contributed by atoms with van der Waals surface area (Å²) in [5, 5.41) is 0. The summed E-state index contributed by atoms with van der Waals surface area (Å²) in [6, 6.07) is 4.20. The minimum atomic E-state index is -0.601. The second kappa shape index (κ2) is 3.91. The van der Waals surface area contributed by atoms with Gasteiger partial charge in [-0.1, -0.05) is 47.6 Å². The molecule has 0 N–H and O–H groups in total. The molecule has 2 heteroatoms. The first-order valence-corrected chi connectivity index (χ1v) is 6.98. The highest BCUT2D eigenvalue weighted by molar-refractivity contribution is 5.54. The van der Waals surface area contributed by atoms with Crippen molar-refractivity contribution in [3.05, 3.63) is 23.3 Å². The third-order valence-corrected chi connectivity index (χ3v) is 4.14. The molecule has 1 atom stereocenters. The smallest absolute Gasteiger partial charge is 0.253 e. The van der Waals surface area contributed by atoms with Gasteiger partial charge < -0.3 is 9.47 Å². The molecular weight excluding hydrogens is 236 g/mol. The first kappa shape index (κ1) is 14.2. The molecule has 0 radical (unpaired) electrons. The van der Waals surface area contributed by atoms with Crippen molar-refractivity contribution in [1.82, 2.24) is 0 Å². The fraction of sp³-hybridized carbons (Fsp3) is 0.647. The first-order valence-electron chi connectivity index (χ1n) is 6.98. The second-order valence-corrected chi connectivity index (χ2v) is 7.72. The SMILES string of the molecule is Cc1c(C(C)(C)C)ccc2c1OC(C)(C(C)(C)C)O2. The van der Waals surface area contributed by atoms with E-state index < -0.39 is 5.79 Å². The van der Waals surface area contributed by atoms with E-state index in [2.05, 4.69) is 54.5 Å². The molecule has 2 nitrogen and oxygen atoms in total. The molecule has 0 saturated heterocycles. The number of benzene rings is 1. The van der Waals surface area contributed by atoms with Crippen LogP contribution in [0.25, 0.3) is 0 Å². The Morgan fingerprint density at radius 1 is 0.947 bits per heavy atom. The summed E-state index contributed by atoms with van der Waals surface area (Å²) in [5.74, 6) is 1.17. The molecular formula is C17H26O2. The summed E-state index contributed by atoms with van der Waals surface area (Å²) in [7, 11) is 0. The molecule has 0 aliphatic carbocycles. The Morgan fingerprint density at radius 2 is 1.53 bits per heavy atom. The normalized spacial score (nSPS) is 22.7. The van der Waals surface area contributed by atoms with Crippen LogP contribution >= 0.6 is 0 Å². The molecule has 1 aliphatic heterocycles. The largest absolute Gasteiger partial charge is 0.448 e. The Labute approximate surface area is 117 Å². The van der Waals surface area contributed by atoms with Crippen molar-refractivity contribution in [3.63, 3.8) is 0 Å². The summed E-state index contributed by atoms with van der Waals surface area (Å²) in [5.41, 5.74) is 2.54. The Bertz CT molecular complexity index is 503. The van der Waals surface area contributed by atoms with Gasteiger partial charge in [0.25, 0.3) is 5.79 Å². The summed E-state index contributed by atoms with van der Waals surface area (Å²) in [6.07, 6.45) is 0. The zero-order chi connectivity index (χ0) is 14.6. The van der Waals surface area contributed by atoms with E-state index >= 15 is 0 Å². The van der Waals surface area contributed by atoms with Gasteiger partial charge in [-0.3, -0.25) is 0 Å². The Balaban J connectivity index is 2.49. The summed E-state index contributed by atoms with van der Waals surface area (Å²) < 4.78 is 12.3. The van der Waals surface area contributed by atoms with Crippen LogP contribution in [0.1, 0.15) is 59.6 Å². The van der Waals surface area contributed by atoms with Gasteiger partial charge >= 0.3 is 0 Å². The fourth-order valence-electron chi connectivity index (χ4n) is 2.42. The number of hydrogen-bond acceptors (Lipinski definition) is 2. The minimum Gasteiger partial charge on any atom is -0.448 e. The molecule has 0 amide bonds. The van der Waals surface area contributed by atoms with E-state index in [0.717, 1.165) is 11.5 Å². The van der Waals surface area contributed by atoms with Crippen molar-refractivity contribution in [3.8, 4) is 11.5 Å². The maximum absolute atomic E-state index is 6.20. The van der Waals surface area contributed by atoms with E-state index in [4.69, 9.17) is 9.47 Å². The maximum Gasteiger partial charge on any atom is 0.253 e. The number of rotatable bonds is 0. The van der Waals surface area contributed by atoms with Gasteiger partial charge in [0.2, 0.25) is 0 Å². The molecule has 1 aromatic rings. The van der Waals surface area contributed by atoms with Crippen LogP contribution in [0.4, 0.5) is 0 Å². The molecule has 1 aromatic carbocycles. The number of hydrogen-bond donors (Lipinski definition) is 0. The van der Waals surface area contributed by atoms with Gasteiger partial charge in [-0.05, 0) is 29.5 Å². The van der Waals surface area contributed by atoms with Crippen molar-refractivity contribution < 1.29 is 9.47 Å². The van der Waals surface area contributed by atoms with Crippen molar-refractivity contribution in [1.29, 1.82) is 0 Å². The summed E-state index contributed by atoms with van der Waals surface area (Å²) >= 11 is 0. The topological polar surface area (TPSA) is 18.5 Å². The molecule has 0 fully saturated rings. The van der Waals surface area contributed by atoms with Crippen LogP contribution in [0, 0.1) is 12.3 Å². The van der Waals surface area contributed by atoms with Gasteiger partial charge in [0.05, 0.1) is 0 Å². The highest BCUT2D eigenvalue weighted by atomic mass is 16.7. The fourth-order valence-corrected chi connectivity index (χ4v) is 2.42. The van der Waals surface area contributed by atoms with E-state index in [1.54, 1.807) is 0 Å². The van der Waals surface area contributed by atoms with Crippen LogP contribution in [-0.2, 0) is 5.41 Å². The monoisotopic (exact) mass is 262 g/mol. The van der Waals surface area contributed by atoms with E-state index in [9.17, 15) is 0 Å². The van der Waals surface area contributed by atoms with E-state index in [1.165, 1.54) is 11.1 Å². The predicted octanol–water partition coefficient (Wildman–Crippen LogP) is 4.83. The molecule has 106 valence electrons. The Hall–Kier alpha value is -1.18.